The summed E-state index contributed by atoms with van der Waals surface area (Å²) in [5, 5.41) is 17.5. The average molecular weight is 170 g/mol. The number of aliphatic hydroxyl groups is 2. The average Bonchev–Trinajstić information content (AvgIpc) is 1.96. The van der Waals surface area contributed by atoms with E-state index in [-0.39, 0.29) is 5.78 Å². The SMILES string of the molecule is CC(O)/C=C/C(=O)/C=C/C(C)O. The quantitative estimate of drug-likeness (QED) is 0.601. The van der Waals surface area contributed by atoms with Crippen molar-refractivity contribution in [2.75, 3.05) is 0 Å². The minimum atomic E-state index is -0.617. The lowest BCUT2D eigenvalue weighted by Crippen LogP contribution is -1.97. The molecule has 2 N–H and O–H groups in total. The van der Waals surface area contributed by atoms with Crippen molar-refractivity contribution in [1.29, 1.82) is 0 Å². The first kappa shape index (κ1) is 11.1. The van der Waals surface area contributed by atoms with E-state index in [4.69, 9.17) is 10.2 Å². The normalized spacial score (nSPS) is 17.0. The van der Waals surface area contributed by atoms with Crippen molar-refractivity contribution in [3.05, 3.63) is 24.3 Å². The number of ketones is 1. The van der Waals surface area contributed by atoms with Gasteiger partial charge in [-0.25, -0.2) is 0 Å². The van der Waals surface area contributed by atoms with E-state index >= 15 is 0 Å². The molecule has 3 heteroatoms. The highest BCUT2D eigenvalue weighted by molar-refractivity contribution is 5.99. The Hall–Kier alpha value is -0.930. The summed E-state index contributed by atoms with van der Waals surface area (Å²) in [5.41, 5.74) is 0. The molecule has 0 heterocycles. The number of aliphatic hydroxyl groups excluding tert-OH is 2. The van der Waals surface area contributed by atoms with Gasteiger partial charge in [0.25, 0.3) is 0 Å². The molecule has 0 radical (unpaired) electrons. The maximum Gasteiger partial charge on any atom is 0.178 e. The smallest absolute Gasteiger partial charge is 0.178 e. The maximum absolute atomic E-state index is 10.9. The van der Waals surface area contributed by atoms with E-state index in [2.05, 4.69) is 0 Å². The summed E-state index contributed by atoms with van der Waals surface area (Å²) in [6.45, 7) is 3.12. The Morgan fingerprint density at radius 2 is 1.42 bits per heavy atom. The monoisotopic (exact) mass is 170 g/mol. The molecular formula is C9H14O3. The van der Waals surface area contributed by atoms with E-state index in [1.54, 1.807) is 13.8 Å². The fraction of sp³-hybridized carbons (Fsp3) is 0.444. The van der Waals surface area contributed by atoms with Crippen LogP contribution in [-0.2, 0) is 4.79 Å². The molecule has 0 aromatic heterocycles. The van der Waals surface area contributed by atoms with Crippen LogP contribution in [0.4, 0.5) is 0 Å². The Kier molecular flexibility index (Phi) is 5.25. The van der Waals surface area contributed by atoms with Gasteiger partial charge >= 0.3 is 0 Å². The molecule has 0 aliphatic heterocycles. The molecule has 0 aromatic rings. The molecule has 0 aliphatic rings. The van der Waals surface area contributed by atoms with Crippen LogP contribution in [0, 0.1) is 0 Å². The van der Waals surface area contributed by atoms with Crippen LogP contribution in [0.2, 0.25) is 0 Å². The van der Waals surface area contributed by atoms with Gasteiger partial charge in [0.05, 0.1) is 12.2 Å². The van der Waals surface area contributed by atoms with E-state index in [0.29, 0.717) is 0 Å². The van der Waals surface area contributed by atoms with Gasteiger partial charge in [0.15, 0.2) is 5.78 Å². The summed E-state index contributed by atoms with van der Waals surface area (Å²) in [6.07, 6.45) is 4.07. The molecule has 2 unspecified atom stereocenters. The third kappa shape index (κ3) is 7.18. The van der Waals surface area contributed by atoms with E-state index in [1.165, 1.54) is 24.3 Å². The molecule has 68 valence electrons. The van der Waals surface area contributed by atoms with Crippen LogP contribution in [0.15, 0.2) is 24.3 Å². The van der Waals surface area contributed by atoms with Crippen molar-refractivity contribution in [2.24, 2.45) is 0 Å². The highest BCUT2D eigenvalue weighted by Crippen LogP contribution is 1.88. The van der Waals surface area contributed by atoms with Crippen LogP contribution in [0.5, 0.6) is 0 Å². The summed E-state index contributed by atoms with van der Waals surface area (Å²) < 4.78 is 0. The Labute approximate surface area is 72.0 Å². The second-order valence-electron chi connectivity index (χ2n) is 2.60. The van der Waals surface area contributed by atoms with Gasteiger partial charge in [-0.3, -0.25) is 4.79 Å². The van der Waals surface area contributed by atoms with E-state index in [9.17, 15) is 4.79 Å². The number of allylic oxidation sites excluding steroid dienone is 2. The lowest BCUT2D eigenvalue weighted by Gasteiger charge is -1.92. The van der Waals surface area contributed by atoms with E-state index in [1.807, 2.05) is 0 Å². The van der Waals surface area contributed by atoms with Crippen LogP contribution in [0.3, 0.4) is 0 Å². The minimum absolute atomic E-state index is 0.239. The summed E-state index contributed by atoms with van der Waals surface area (Å²) in [5.74, 6) is -0.239. The largest absolute Gasteiger partial charge is 0.389 e. The topological polar surface area (TPSA) is 57.5 Å². The van der Waals surface area contributed by atoms with Crippen molar-refractivity contribution in [1.82, 2.24) is 0 Å². The number of carbonyl (C=O) groups is 1. The molecule has 0 aromatic carbocycles. The van der Waals surface area contributed by atoms with E-state index in [0.717, 1.165) is 0 Å². The zero-order chi connectivity index (χ0) is 9.56. The highest BCUT2D eigenvalue weighted by Gasteiger charge is 1.92. The van der Waals surface area contributed by atoms with Crippen LogP contribution >= 0.6 is 0 Å². The molecule has 0 saturated carbocycles. The van der Waals surface area contributed by atoms with Gasteiger partial charge in [0.1, 0.15) is 0 Å². The molecule has 0 amide bonds. The zero-order valence-electron chi connectivity index (χ0n) is 7.27. The summed E-state index contributed by atoms with van der Waals surface area (Å²) in [6, 6.07) is 0. The first-order valence-corrected chi connectivity index (χ1v) is 3.79. The van der Waals surface area contributed by atoms with Gasteiger partial charge < -0.3 is 10.2 Å². The Bertz CT molecular complexity index is 170. The van der Waals surface area contributed by atoms with Crippen molar-refractivity contribution in [3.8, 4) is 0 Å². The van der Waals surface area contributed by atoms with Crippen LogP contribution in [0.25, 0.3) is 0 Å². The first-order valence-electron chi connectivity index (χ1n) is 3.79. The highest BCUT2D eigenvalue weighted by atomic mass is 16.3. The standard InChI is InChI=1S/C9H14O3/c1-7(10)3-5-9(12)6-4-8(2)11/h3-8,10-11H,1-2H3/b5-3+,6-4+. The fourth-order valence-electron chi connectivity index (χ4n) is 0.524. The number of hydrogen-bond donors (Lipinski definition) is 2. The zero-order valence-corrected chi connectivity index (χ0v) is 7.27. The fourth-order valence-corrected chi connectivity index (χ4v) is 0.524. The molecule has 0 aliphatic carbocycles. The molecule has 0 rings (SSSR count). The molecular weight excluding hydrogens is 156 g/mol. The Morgan fingerprint density at radius 3 is 1.67 bits per heavy atom. The molecule has 0 bridgehead atoms. The Morgan fingerprint density at radius 1 is 1.08 bits per heavy atom. The first-order chi connectivity index (χ1) is 5.52. The second-order valence-corrected chi connectivity index (χ2v) is 2.60. The molecule has 2 atom stereocenters. The molecule has 3 nitrogen and oxygen atoms in total. The second kappa shape index (κ2) is 5.69. The van der Waals surface area contributed by atoms with Gasteiger partial charge in [-0.15, -0.1) is 0 Å². The lowest BCUT2D eigenvalue weighted by atomic mass is 10.2. The van der Waals surface area contributed by atoms with Crippen LogP contribution in [-0.4, -0.2) is 28.2 Å². The van der Waals surface area contributed by atoms with Crippen molar-refractivity contribution in [3.63, 3.8) is 0 Å². The van der Waals surface area contributed by atoms with E-state index < -0.39 is 12.2 Å². The molecule has 0 spiro atoms. The third-order valence-corrected chi connectivity index (χ3v) is 1.08. The summed E-state index contributed by atoms with van der Waals surface area (Å²) in [4.78, 5) is 10.9. The van der Waals surface area contributed by atoms with Crippen LogP contribution < -0.4 is 0 Å². The molecule has 0 fully saturated rings. The predicted molar refractivity (Wildman–Crippen MR) is 46.6 cm³/mol. The number of rotatable bonds is 4. The van der Waals surface area contributed by atoms with Gasteiger partial charge in [0, 0.05) is 0 Å². The van der Waals surface area contributed by atoms with Crippen molar-refractivity contribution >= 4 is 5.78 Å². The van der Waals surface area contributed by atoms with Gasteiger partial charge in [-0.05, 0) is 26.0 Å². The third-order valence-electron chi connectivity index (χ3n) is 1.08. The maximum atomic E-state index is 10.9. The number of carbonyl (C=O) groups excluding carboxylic acids is 1. The van der Waals surface area contributed by atoms with Crippen molar-refractivity contribution < 1.29 is 15.0 Å². The summed E-state index contributed by atoms with van der Waals surface area (Å²) >= 11 is 0. The van der Waals surface area contributed by atoms with Gasteiger partial charge in [0.2, 0.25) is 0 Å². The Balaban J connectivity index is 3.90. The van der Waals surface area contributed by atoms with Crippen molar-refractivity contribution in [2.45, 2.75) is 26.1 Å². The predicted octanol–water partition coefficient (Wildman–Crippen LogP) is 0.429. The molecule has 0 saturated heterocycles. The van der Waals surface area contributed by atoms with Gasteiger partial charge in [-0.1, -0.05) is 12.2 Å². The number of hydrogen-bond acceptors (Lipinski definition) is 3. The molecule has 12 heavy (non-hydrogen) atoms. The summed E-state index contributed by atoms with van der Waals surface area (Å²) in [7, 11) is 0. The van der Waals surface area contributed by atoms with Crippen LogP contribution in [0.1, 0.15) is 13.8 Å². The lowest BCUT2D eigenvalue weighted by molar-refractivity contribution is -0.110. The van der Waals surface area contributed by atoms with Gasteiger partial charge in [-0.2, -0.15) is 0 Å². The minimum Gasteiger partial charge on any atom is -0.389 e.